The zero-order valence-corrected chi connectivity index (χ0v) is 17.8. The summed E-state index contributed by atoms with van der Waals surface area (Å²) in [5.74, 6) is -0.922. The second kappa shape index (κ2) is 7.30. The molecule has 144 valence electrons. The fraction of sp³-hybridized carbons (Fsp3) is 1.00. The molecule has 24 heavy (non-hydrogen) atoms. The summed E-state index contributed by atoms with van der Waals surface area (Å²) in [5, 5.41) is 9.51. The van der Waals surface area contributed by atoms with Gasteiger partial charge >= 0.3 is 0 Å². The molecular formula is C15H32O7SSi. The molecular weight excluding hydrogens is 352 g/mol. The van der Waals surface area contributed by atoms with E-state index < -0.39 is 42.5 Å². The Kier molecular flexibility index (Phi) is 6.69. The van der Waals surface area contributed by atoms with E-state index in [1.165, 1.54) is 0 Å². The second-order valence-corrected chi connectivity index (χ2v) is 14.6. The fourth-order valence-electron chi connectivity index (χ4n) is 2.23. The molecule has 0 bridgehead atoms. The number of ether oxygens (including phenoxy) is 2. The van der Waals surface area contributed by atoms with Gasteiger partial charge in [0.2, 0.25) is 0 Å². The van der Waals surface area contributed by atoms with Gasteiger partial charge < -0.3 is 19.0 Å². The predicted molar refractivity (Wildman–Crippen MR) is 93.8 cm³/mol. The van der Waals surface area contributed by atoms with Crippen molar-refractivity contribution in [1.82, 2.24) is 0 Å². The average Bonchev–Trinajstić information content (AvgIpc) is 2.67. The molecule has 0 spiro atoms. The predicted octanol–water partition coefficient (Wildman–Crippen LogP) is 1.87. The van der Waals surface area contributed by atoms with Gasteiger partial charge in [0.05, 0.1) is 19.5 Å². The van der Waals surface area contributed by atoms with Crippen LogP contribution in [0.15, 0.2) is 0 Å². The van der Waals surface area contributed by atoms with Crippen molar-refractivity contribution in [2.75, 3.05) is 19.5 Å². The van der Waals surface area contributed by atoms with Crippen LogP contribution in [0.3, 0.4) is 0 Å². The summed E-state index contributed by atoms with van der Waals surface area (Å²) in [7, 11) is -5.81. The molecule has 0 amide bonds. The highest BCUT2D eigenvalue weighted by Crippen LogP contribution is 2.37. The lowest BCUT2D eigenvalue weighted by atomic mass is 10.1. The summed E-state index contributed by atoms with van der Waals surface area (Å²) >= 11 is 0. The second-order valence-electron chi connectivity index (χ2n) is 8.23. The van der Waals surface area contributed by atoms with E-state index in [9.17, 15) is 13.5 Å². The summed E-state index contributed by atoms with van der Waals surface area (Å²) in [6.45, 7) is 13.6. The Balaban J connectivity index is 2.97. The van der Waals surface area contributed by atoms with Crippen LogP contribution in [0, 0.1) is 0 Å². The Bertz CT molecular complexity index is 524. The molecule has 0 unspecified atom stereocenters. The Hall–Kier alpha value is -0.0331. The van der Waals surface area contributed by atoms with Gasteiger partial charge in [0, 0.05) is 0 Å². The minimum Gasteiger partial charge on any atom is -0.414 e. The highest BCUT2D eigenvalue weighted by molar-refractivity contribution is 7.86. The highest BCUT2D eigenvalue weighted by Gasteiger charge is 2.47. The first-order valence-corrected chi connectivity index (χ1v) is 12.8. The first-order valence-electron chi connectivity index (χ1n) is 8.07. The molecule has 1 aliphatic heterocycles. The van der Waals surface area contributed by atoms with Gasteiger partial charge in [-0.15, -0.1) is 0 Å². The first kappa shape index (κ1) is 22.0. The van der Waals surface area contributed by atoms with E-state index in [1.807, 2.05) is 0 Å². The molecule has 9 heteroatoms. The van der Waals surface area contributed by atoms with Crippen molar-refractivity contribution in [3.05, 3.63) is 0 Å². The number of hydrogen-bond acceptors (Lipinski definition) is 7. The van der Waals surface area contributed by atoms with Gasteiger partial charge in [0.15, 0.2) is 14.1 Å². The standard InChI is InChI=1S/C15H32O7SSi/c1-14(2,3)24(7,8)19-10-12(22-23(6,17)18)13-11(9-16)20-15(4,5)21-13/h11-13,16H,9-10H2,1-8H3/t11-,12-,13-/m0/s1. The van der Waals surface area contributed by atoms with Crippen LogP contribution in [-0.4, -0.2) is 65.4 Å². The number of hydrogen-bond donors (Lipinski definition) is 1. The van der Waals surface area contributed by atoms with Crippen molar-refractivity contribution in [3.8, 4) is 0 Å². The minimum atomic E-state index is -3.71. The van der Waals surface area contributed by atoms with Gasteiger partial charge in [-0.2, -0.15) is 8.42 Å². The van der Waals surface area contributed by atoms with Crippen LogP contribution in [0.4, 0.5) is 0 Å². The molecule has 0 saturated carbocycles. The largest absolute Gasteiger partial charge is 0.414 e. The molecule has 0 aliphatic carbocycles. The molecule has 0 radical (unpaired) electrons. The third-order valence-corrected chi connectivity index (χ3v) is 9.58. The molecule has 0 aromatic heterocycles. The molecule has 1 heterocycles. The van der Waals surface area contributed by atoms with E-state index in [0.29, 0.717) is 0 Å². The van der Waals surface area contributed by atoms with E-state index in [-0.39, 0.29) is 18.3 Å². The van der Waals surface area contributed by atoms with E-state index in [0.717, 1.165) is 6.26 Å². The smallest absolute Gasteiger partial charge is 0.264 e. The van der Waals surface area contributed by atoms with Crippen molar-refractivity contribution in [2.45, 2.75) is 76.8 Å². The lowest BCUT2D eigenvalue weighted by Gasteiger charge is -2.37. The van der Waals surface area contributed by atoms with E-state index in [4.69, 9.17) is 18.1 Å². The van der Waals surface area contributed by atoms with Crippen LogP contribution in [0.25, 0.3) is 0 Å². The van der Waals surface area contributed by atoms with Crippen LogP contribution in [0.5, 0.6) is 0 Å². The Morgan fingerprint density at radius 1 is 1.25 bits per heavy atom. The zero-order chi connectivity index (χ0) is 19.0. The maximum atomic E-state index is 11.7. The van der Waals surface area contributed by atoms with Crippen molar-refractivity contribution < 1.29 is 31.6 Å². The molecule has 1 N–H and O–H groups in total. The van der Waals surface area contributed by atoms with Crippen molar-refractivity contribution in [2.24, 2.45) is 0 Å². The van der Waals surface area contributed by atoms with Crippen LogP contribution >= 0.6 is 0 Å². The molecule has 1 fully saturated rings. The van der Waals surface area contributed by atoms with E-state index >= 15 is 0 Å². The monoisotopic (exact) mass is 384 g/mol. The summed E-state index contributed by atoms with van der Waals surface area (Å²) in [4.78, 5) is 0. The van der Waals surface area contributed by atoms with Gasteiger partial charge in [-0.05, 0) is 32.0 Å². The van der Waals surface area contributed by atoms with Crippen LogP contribution in [-0.2, 0) is 28.2 Å². The van der Waals surface area contributed by atoms with Crippen molar-refractivity contribution in [1.29, 1.82) is 0 Å². The van der Waals surface area contributed by atoms with E-state index in [2.05, 4.69) is 33.9 Å². The van der Waals surface area contributed by atoms with Crippen LogP contribution < -0.4 is 0 Å². The molecule has 1 rings (SSSR count). The van der Waals surface area contributed by atoms with Gasteiger partial charge in [-0.1, -0.05) is 20.8 Å². The van der Waals surface area contributed by atoms with Crippen LogP contribution in [0.1, 0.15) is 34.6 Å². The minimum absolute atomic E-state index is 0.0225. The molecule has 1 saturated heterocycles. The third kappa shape index (κ3) is 6.05. The lowest BCUT2D eigenvalue weighted by Crippen LogP contribution is -2.48. The molecule has 7 nitrogen and oxygen atoms in total. The molecule has 0 aromatic rings. The maximum Gasteiger partial charge on any atom is 0.264 e. The quantitative estimate of drug-likeness (QED) is 0.529. The van der Waals surface area contributed by atoms with Gasteiger partial charge in [0.1, 0.15) is 18.3 Å². The number of rotatable bonds is 7. The average molecular weight is 385 g/mol. The summed E-state index contributed by atoms with van der Waals surface area (Å²) in [6, 6.07) is 0. The topological polar surface area (TPSA) is 91.3 Å². The summed E-state index contributed by atoms with van der Waals surface area (Å²) < 4.78 is 46.0. The van der Waals surface area contributed by atoms with Crippen LogP contribution in [0.2, 0.25) is 18.1 Å². The molecule has 0 aromatic carbocycles. The van der Waals surface area contributed by atoms with Crippen molar-refractivity contribution >= 4 is 18.4 Å². The Morgan fingerprint density at radius 2 is 1.79 bits per heavy atom. The van der Waals surface area contributed by atoms with E-state index in [1.54, 1.807) is 13.8 Å². The molecule has 3 atom stereocenters. The molecule has 1 aliphatic rings. The van der Waals surface area contributed by atoms with Crippen molar-refractivity contribution in [3.63, 3.8) is 0 Å². The summed E-state index contributed by atoms with van der Waals surface area (Å²) in [5.41, 5.74) is 0. The Labute approximate surface area is 146 Å². The zero-order valence-electron chi connectivity index (χ0n) is 16.0. The van der Waals surface area contributed by atoms with Gasteiger partial charge in [-0.3, -0.25) is 4.18 Å². The SMILES string of the molecule is CC1(C)O[C@H]([C@H](CO[Si](C)(C)C(C)(C)C)OS(C)(=O)=O)[C@H](CO)O1. The first-order chi connectivity index (χ1) is 10.6. The van der Waals surface area contributed by atoms with Gasteiger partial charge in [0.25, 0.3) is 10.1 Å². The normalized spacial score (nSPS) is 26.5. The highest BCUT2D eigenvalue weighted by atomic mass is 32.2. The van der Waals surface area contributed by atoms with Gasteiger partial charge in [-0.25, -0.2) is 0 Å². The maximum absolute atomic E-state index is 11.7. The number of aliphatic hydroxyl groups is 1. The Morgan fingerprint density at radius 3 is 2.21 bits per heavy atom. The summed E-state index contributed by atoms with van der Waals surface area (Å²) in [6.07, 6.45) is -1.30. The third-order valence-electron chi connectivity index (χ3n) is 4.48. The fourth-order valence-corrected chi connectivity index (χ4v) is 3.86. The lowest BCUT2D eigenvalue weighted by molar-refractivity contribution is -0.156. The number of aliphatic hydroxyl groups excluding tert-OH is 1.